The molecule has 0 unspecified atom stereocenters. The molecule has 4 nitrogen and oxygen atoms in total. The van der Waals surface area contributed by atoms with E-state index in [1.807, 2.05) is 6.92 Å². The Bertz CT molecular complexity index is 321. The van der Waals surface area contributed by atoms with E-state index in [9.17, 15) is 4.79 Å². The molecule has 1 fully saturated rings. The van der Waals surface area contributed by atoms with Gasteiger partial charge in [-0.25, -0.2) is 0 Å². The van der Waals surface area contributed by atoms with Gasteiger partial charge in [0, 0.05) is 13.7 Å². The summed E-state index contributed by atoms with van der Waals surface area (Å²) in [6.07, 6.45) is 2.74. The number of methoxy groups -OCH3 is 1. The smallest absolute Gasteiger partial charge is 0.326 e. The van der Waals surface area contributed by atoms with Crippen LogP contribution in [-0.2, 0) is 14.3 Å². The maximum atomic E-state index is 12.6. The molecule has 1 aliphatic carbocycles. The number of carbonyl (C=O) groups is 1. The highest BCUT2D eigenvalue weighted by Crippen LogP contribution is 2.50. The quantitative estimate of drug-likeness (QED) is 0.602. The lowest BCUT2D eigenvalue weighted by atomic mass is 9.58. The molecule has 4 heteroatoms. The van der Waals surface area contributed by atoms with Crippen LogP contribution in [0.3, 0.4) is 0 Å². The first-order chi connectivity index (χ1) is 9.16. The van der Waals surface area contributed by atoms with Crippen LogP contribution in [0.15, 0.2) is 0 Å². The minimum Gasteiger partial charge on any atom is -0.465 e. The van der Waals surface area contributed by atoms with Crippen LogP contribution in [-0.4, -0.2) is 38.4 Å². The fraction of sp³-hybridized carbons (Fsp3) is 0.938. The molecule has 0 atom stereocenters. The monoisotopic (exact) mass is 285 g/mol. The van der Waals surface area contributed by atoms with Crippen molar-refractivity contribution in [3.05, 3.63) is 0 Å². The molecule has 0 aliphatic heterocycles. The third-order valence-electron chi connectivity index (χ3n) is 3.95. The van der Waals surface area contributed by atoms with E-state index in [4.69, 9.17) is 9.47 Å². The highest BCUT2D eigenvalue weighted by molar-refractivity contribution is 5.81. The maximum Gasteiger partial charge on any atom is 0.326 e. The molecule has 0 aromatic rings. The number of ether oxygens (including phenoxy) is 2. The molecule has 0 amide bonds. The Hall–Kier alpha value is -0.610. The predicted molar refractivity (Wildman–Crippen MR) is 80.7 cm³/mol. The zero-order valence-corrected chi connectivity index (χ0v) is 14.0. The zero-order chi connectivity index (χ0) is 15.4. The van der Waals surface area contributed by atoms with Gasteiger partial charge in [0.2, 0.25) is 0 Å². The fourth-order valence-corrected chi connectivity index (χ4v) is 4.12. The Morgan fingerprint density at radius 3 is 2.10 bits per heavy atom. The van der Waals surface area contributed by atoms with Gasteiger partial charge >= 0.3 is 5.97 Å². The normalized spacial score (nSPS) is 23.3. The topological polar surface area (TPSA) is 47.6 Å². The highest BCUT2D eigenvalue weighted by Gasteiger charge is 2.52. The Morgan fingerprint density at radius 2 is 1.65 bits per heavy atom. The first kappa shape index (κ1) is 17.4. The Labute approximate surface area is 123 Å². The van der Waals surface area contributed by atoms with Crippen molar-refractivity contribution in [2.45, 2.75) is 59.4 Å². The van der Waals surface area contributed by atoms with E-state index >= 15 is 0 Å². The Balaban J connectivity index is 2.98. The lowest BCUT2D eigenvalue weighted by molar-refractivity contribution is -0.158. The molecule has 118 valence electrons. The Kier molecular flexibility index (Phi) is 5.61. The van der Waals surface area contributed by atoms with Gasteiger partial charge in [-0.15, -0.1) is 0 Å². The minimum absolute atomic E-state index is 0.114. The van der Waals surface area contributed by atoms with Crippen molar-refractivity contribution < 1.29 is 14.3 Å². The number of hydrogen-bond acceptors (Lipinski definition) is 4. The summed E-state index contributed by atoms with van der Waals surface area (Å²) in [4.78, 5) is 12.6. The van der Waals surface area contributed by atoms with Crippen LogP contribution in [0.5, 0.6) is 0 Å². The molecule has 0 aromatic carbocycles. The van der Waals surface area contributed by atoms with Crippen molar-refractivity contribution in [3.63, 3.8) is 0 Å². The summed E-state index contributed by atoms with van der Waals surface area (Å²) < 4.78 is 10.5. The highest BCUT2D eigenvalue weighted by atomic mass is 16.5. The maximum absolute atomic E-state index is 12.6. The van der Waals surface area contributed by atoms with Gasteiger partial charge in [0.15, 0.2) is 0 Å². The van der Waals surface area contributed by atoms with Crippen molar-refractivity contribution >= 4 is 5.97 Å². The summed E-state index contributed by atoms with van der Waals surface area (Å²) in [6, 6.07) is 0. The van der Waals surface area contributed by atoms with Crippen LogP contribution in [0.4, 0.5) is 0 Å². The van der Waals surface area contributed by atoms with Crippen LogP contribution < -0.4 is 5.32 Å². The fourth-order valence-electron chi connectivity index (χ4n) is 4.12. The molecule has 1 aliphatic rings. The molecule has 1 saturated carbocycles. The van der Waals surface area contributed by atoms with Gasteiger partial charge in [0.1, 0.15) is 5.54 Å². The number of rotatable bonds is 6. The summed E-state index contributed by atoms with van der Waals surface area (Å²) >= 11 is 0. The van der Waals surface area contributed by atoms with E-state index in [1.54, 1.807) is 7.11 Å². The SMILES string of the molecule is CCOC(=O)C1(NCCOC)CC(C)(C)CC(C)(C)C1. The molecule has 1 N–H and O–H groups in total. The van der Waals surface area contributed by atoms with Gasteiger partial charge in [-0.05, 0) is 37.0 Å². The van der Waals surface area contributed by atoms with E-state index in [0.29, 0.717) is 19.8 Å². The van der Waals surface area contributed by atoms with Gasteiger partial charge in [0.25, 0.3) is 0 Å². The standard InChI is InChI=1S/C16H31NO3/c1-7-20-13(18)16(17-8-9-19-6)11-14(2,3)10-15(4,5)12-16/h17H,7-12H2,1-6H3. The molecule has 20 heavy (non-hydrogen) atoms. The zero-order valence-electron chi connectivity index (χ0n) is 14.0. The molecule has 0 spiro atoms. The van der Waals surface area contributed by atoms with E-state index in [0.717, 1.165) is 19.3 Å². The molecule has 0 heterocycles. The van der Waals surface area contributed by atoms with Gasteiger partial charge in [0.05, 0.1) is 13.2 Å². The van der Waals surface area contributed by atoms with E-state index in [-0.39, 0.29) is 16.8 Å². The molecule has 1 rings (SSSR count). The first-order valence-electron chi connectivity index (χ1n) is 7.58. The van der Waals surface area contributed by atoms with E-state index in [1.165, 1.54) is 0 Å². The van der Waals surface area contributed by atoms with Crippen LogP contribution in [0.1, 0.15) is 53.9 Å². The van der Waals surface area contributed by atoms with Crippen molar-refractivity contribution in [1.82, 2.24) is 5.32 Å². The third-order valence-corrected chi connectivity index (χ3v) is 3.95. The van der Waals surface area contributed by atoms with Gasteiger partial charge in [-0.2, -0.15) is 0 Å². The van der Waals surface area contributed by atoms with Crippen molar-refractivity contribution in [2.75, 3.05) is 26.9 Å². The summed E-state index contributed by atoms with van der Waals surface area (Å²) in [5, 5.41) is 3.43. The Morgan fingerprint density at radius 1 is 1.10 bits per heavy atom. The largest absolute Gasteiger partial charge is 0.465 e. The number of nitrogens with one attached hydrogen (secondary N) is 1. The lowest BCUT2D eigenvalue weighted by Gasteiger charge is -2.50. The van der Waals surface area contributed by atoms with E-state index in [2.05, 4.69) is 33.0 Å². The molecular formula is C16H31NO3. The second-order valence-electron chi connectivity index (χ2n) is 7.58. The lowest BCUT2D eigenvalue weighted by Crippen LogP contribution is -2.61. The summed E-state index contributed by atoms with van der Waals surface area (Å²) in [7, 11) is 1.67. The molecule has 0 bridgehead atoms. The average molecular weight is 285 g/mol. The van der Waals surface area contributed by atoms with Gasteiger partial charge in [-0.1, -0.05) is 27.7 Å². The third kappa shape index (κ3) is 4.45. The van der Waals surface area contributed by atoms with E-state index < -0.39 is 5.54 Å². The second kappa shape index (κ2) is 6.44. The number of carbonyl (C=O) groups excluding carboxylic acids is 1. The van der Waals surface area contributed by atoms with Gasteiger partial charge < -0.3 is 9.47 Å². The predicted octanol–water partition coefficient (Wildman–Crippen LogP) is 2.76. The van der Waals surface area contributed by atoms with Crippen molar-refractivity contribution in [2.24, 2.45) is 10.8 Å². The van der Waals surface area contributed by atoms with Crippen molar-refractivity contribution in [3.8, 4) is 0 Å². The van der Waals surface area contributed by atoms with Crippen LogP contribution in [0.25, 0.3) is 0 Å². The molecule has 0 saturated heterocycles. The summed E-state index contributed by atoms with van der Waals surface area (Å²) in [5.41, 5.74) is -0.344. The van der Waals surface area contributed by atoms with Crippen LogP contribution in [0.2, 0.25) is 0 Å². The summed E-state index contributed by atoms with van der Waals surface area (Å²) in [6.45, 7) is 12.5. The average Bonchev–Trinajstić information content (AvgIpc) is 2.25. The van der Waals surface area contributed by atoms with Crippen LogP contribution in [0, 0.1) is 10.8 Å². The van der Waals surface area contributed by atoms with Gasteiger partial charge in [-0.3, -0.25) is 10.1 Å². The molecular weight excluding hydrogens is 254 g/mol. The summed E-state index contributed by atoms with van der Waals surface area (Å²) in [5.74, 6) is -0.114. The second-order valence-corrected chi connectivity index (χ2v) is 7.58. The first-order valence-corrected chi connectivity index (χ1v) is 7.58. The molecule has 0 aromatic heterocycles. The van der Waals surface area contributed by atoms with Crippen molar-refractivity contribution in [1.29, 1.82) is 0 Å². The number of hydrogen-bond donors (Lipinski definition) is 1. The number of esters is 1. The minimum atomic E-state index is -0.584. The molecule has 0 radical (unpaired) electrons. The van der Waals surface area contributed by atoms with Crippen LogP contribution >= 0.6 is 0 Å².